The van der Waals surface area contributed by atoms with Crippen molar-refractivity contribution in [3.05, 3.63) is 74.9 Å². The molecular formula is C29H24O12. The Morgan fingerprint density at radius 1 is 0.610 bits per heavy atom. The first-order valence-corrected chi connectivity index (χ1v) is 12.5. The van der Waals surface area contributed by atoms with Crippen molar-refractivity contribution in [2.75, 3.05) is 0 Å². The number of hydrogen-bond donors (Lipinski definition) is 9. The van der Waals surface area contributed by atoms with Crippen LogP contribution in [0.4, 0.5) is 0 Å². The van der Waals surface area contributed by atoms with Gasteiger partial charge in [-0.15, -0.1) is 0 Å². The van der Waals surface area contributed by atoms with Gasteiger partial charge in [-0.2, -0.15) is 0 Å². The van der Waals surface area contributed by atoms with Crippen LogP contribution in [0, 0.1) is 0 Å². The molecule has 0 fully saturated rings. The van der Waals surface area contributed by atoms with Crippen LogP contribution in [-0.4, -0.2) is 58.2 Å². The van der Waals surface area contributed by atoms with Gasteiger partial charge in [0, 0.05) is 53.8 Å². The van der Waals surface area contributed by atoms with Crippen LogP contribution in [0.25, 0.3) is 10.8 Å². The zero-order valence-electron chi connectivity index (χ0n) is 21.0. The summed E-state index contributed by atoms with van der Waals surface area (Å²) in [6, 6.07) is 8.00. The number of phenolic OH excluding ortho intramolecular Hbond substituents is 6. The van der Waals surface area contributed by atoms with Gasteiger partial charge in [-0.05, 0) is 29.1 Å². The summed E-state index contributed by atoms with van der Waals surface area (Å²) in [5.41, 5.74) is -0.502. The molecule has 9 N–H and O–H groups in total. The largest absolute Gasteiger partial charge is 0.508 e. The minimum atomic E-state index is -1.33. The number of hydrogen-bond acceptors (Lipinski definition) is 12. The molecule has 4 atom stereocenters. The summed E-state index contributed by atoms with van der Waals surface area (Å²) in [6.45, 7) is 0. The van der Waals surface area contributed by atoms with Gasteiger partial charge in [0.25, 0.3) is 0 Å². The summed E-state index contributed by atoms with van der Waals surface area (Å²) in [4.78, 5) is 13.0. The smallest absolute Gasteiger partial charge is 0.221 e. The highest BCUT2D eigenvalue weighted by Crippen LogP contribution is 2.48. The van der Waals surface area contributed by atoms with Crippen molar-refractivity contribution in [2.45, 2.75) is 37.3 Å². The van der Waals surface area contributed by atoms with E-state index in [9.17, 15) is 50.8 Å². The van der Waals surface area contributed by atoms with Crippen molar-refractivity contribution in [2.24, 2.45) is 0 Å². The quantitative estimate of drug-likeness (QED) is 0.160. The number of aromatic hydroxyl groups is 7. The van der Waals surface area contributed by atoms with Gasteiger partial charge in [0.15, 0.2) is 23.4 Å². The van der Waals surface area contributed by atoms with E-state index >= 15 is 0 Å². The van der Waals surface area contributed by atoms with Gasteiger partial charge >= 0.3 is 0 Å². The van der Waals surface area contributed by atoms with E-state index in [-0.39, 0.29) is 75.0 Å². The van der Waals surface area contributed by atoms with E-state index in [1.54, 1.807) is 0 Å². The fourth-order valence-electron chi connectivity index (χ4n) is 5.52. The lowest BCUT2D eigenvalue weighted by Crippen LogP contribution is -2.31. The predicted octanol–water partition coefficient (Wildman–Crippen LogP) is 2.21. The molecule has 6 rings (SSSR count). The summed E-state index contributed by atoms with van der Waals surface area (Å²) in [7, 11) is 0. The van der Waals surface area contributed by atoms with Crippen LogP contribution >= 0.6 is 0 Å². The molecule has 0 aromatic heterocycles. The van der Waals surface area contributed by atoms with Crippen molar-refractivity contribution in [1.82, 2.24) is 0 Å². The molecular weight excluding hydrogens is 540 g/mol. The van der Waals surface area contributed by atoms with E-state index in [2.05, 4.69) is 0 Å². The number of aliphatic hydroxyl groups excluding tert-OH is 2. The van der Waals surface area contributed by atoms with Gasteiger partial charge in [0.1, 0.15) is 40.6 Å². The van der Waals surface area contributed by atoms with Crippen molar-refractivity contribution < 1.29 is 55.4 Å². The molecule has 41 heavy (non-hydrogen) atoms. The van der Waals surface area contributed by atoms with E-state index < -0.39 is 52.5 Å². The fourth-order valence-corrected chi connectivity index (χ4v) is 5.52. The van der Waals surface area contributed by atoms with Crippen LogP contribution < -0.4 is 14.9 Å². The number of fused-ring (bicyclic) bond motifs is 3. The summed E-state index contributed by atoms with van der Waals surface area (Å²) < 4.78 is 11.8. The number of benzene rings is 3. The van der Waals surface area contributed by atoms with Crippen LogP contribution in [0.15, 0.2) is 47.3 Å². The highest BCUT2D eigenvalue weighted by molar-refractivity contribution is 5.97. The monoisotopic (exact) mass is 564 g/mol. The van der Waals surface area contributed by atoms with E-state index in [4.69, 9.17) is 9.47 Å². The third-order valence-corrected chi connectivity index (χ3v) is 7.44. The first-order chi connectivity index (χ1) is 19.4. The Hall–Kier alpha value is -5.07. The molecule has 0 saturated heterocycles. The molecule has 0 saturated carbocycles. The molecule has 2 aliphatic heterocycles. The maximum atomic E-state index is 13.0. The van der Waals surface area contributed by atoms with Gasteiger partial charge in [-0.1, -0.05) is 0 Å². The Kier molecular flexibility index (Phi) is 5.90. The Balaban J connectivity index is 1.56. The maximum Gasteiger partial charge on any atom is 0.221 e. The lowest BCUT2D eigenvalue weighted by molar-refractivity contribution is 0.0194. The molecule has 1 unspecified atom stereocenters. The molecule has 12 nitrogen and oxygen atoms in total. The summed E-state index contributed by atoms with van der Waals surface area (Å²) >= 11 is 0. The SMILES string of the molecule is O=c1cc(C2Oc3cc(O)cc(O)c3C[C@@H]2O)cc2c([C@H]3Oc4cc(O)cc(O)c4C[C@H]3O)cc(O)c(O)c2c1O. The Morgan fingerprint density at radius 2 is 1.15 bits per heavy atom. The molecule has 0 spiro atoms. The lowest BCUT2D eigenvalue weighted by Gasteiger charge is -2.32. The normalized spacial score (nSPS) is 21.4. The third kappa shape index (κ3) is 4.20. The van der Waals surface area contributed by atoms with E-state index in [0.29, 0.717) is 0 Å². The van der Waals surface area contributed by atoms with E-state index in [1.807, 2.05) is 0 Å². The zero-order chi connectivity index (χ0) is 29.3. The molecule has 4 aromatic rings. The van der Waals surface area contributed by atoms with Crippen LogP contribution in [0.1, 0.15) is 34.5 Å². The van der Waals surface area contributed by atoms with Gasteiger partial charge in [-0.3, -0.25) is 4.79 Å². The average Bonchev–Trinajstić information content (AvgIpc) is 3.03. The zero-order valence-corrected chi connectivity index (χ0v) is 21.0. The van der Waals surface area contributed by atoms with Crippen LogP contribution in [0.3, 0.4) is 0 Å². The first-order valence-electron chi connectivity index (χ1n) is 12.5. The maximum absolute atomic E-state index is 13.0. The van der Waals surface area contributed by atoms with Crippen molar-refractivity contribution in [3.63, 3.8) is 0 Å². The second-order valence-corrected chi connectivity index (χ2v) is 10.1. The lowest BCUT2D eigenvalue weighted by atomic mass is 9.90. The highest BCUT2D eigenvalue weighted by Gasteiger charge is 2.36. The topological polar surface area (TPSA) is 218 Å². The number of phenols is 6. The van der Waals surface area contributed by atoms with Crippen LogP contribution in [-0.2, 0) is 12.8 Å². The summed E-state index contributed by atoms with van der Waals surface area (Å²) in [6.07, 6.45) is -5.41. The fraction of sp³-hybridized carbons (Fsp3) is 0.207. The number of ether oxygens (including phenoxy) is 2. The molecule has 0 bridgehead atoms. The van der Waals surface area contributed by atoms with Gasteiger partial charge in [0.2, 0.25) is 5.43 Å². The summed E-state index contributed by atoms with van der Waals surface area (Å²) in [5.74, 6) is -3.63. The van der Waals surface area contributed by atoms with Crippen LogP contribution in [0.5, 0.6) is 51.7 Å². The predicted molar refractivity (Wildman–Crippen MR) is 141 cm³/mol. The van der Waals surface area contributed by atoms with Gasteiger partial charge < -0.3 is 55.4 Å². The van der Waals surface area contributed by atoms with Crippen molar-refractivity contribution in [3.8, 4) is 51.7 Å². The molecule has 4 aromatic carbocycles. The minimum Gasteiger partial charge on any atom is -0.508 e. The molecule has 0 aliphatic carbocycles. The van der Waals surface area contributed by atoms with Crippen molar-refractivity contribution >= 4 is 10.8 Å². The molecule has 0 amide bonds. The Morgan fingerprint density at radius 3 is 1.73 bits per heavy atom. The second-order valence-electron chi connectivity index (χ2n) is 10.1. The molecule has 0 radical (unpaired) electrons. The Labute approximate surface area is 230 Å². The second kappa shape index (κ2) is 9.25. The van der Waals surface area contributed by atoms with Crippen LogP contribution in [0.2, 0.25) is 0 Å². The minimum absolute atomic E-state index is 0.0180. The average molecular weight is 564 g/mol. The number of rotatable bonds is 2. The van der Waals surface area contributed by atoms with Gasteiger partial charge in [0.05, 0.1) is 17.6 Å². The third-order valence-electron chi connectivity index (χ3n) is 7.44. The Bertz CT molecular complexity index is 1800. The molecule has 2 heterocycles. The van der Waals surface area contributed by atoms with Crippen molar-refractivity contribution in [1.29, 1.82) is 0 Å². The molecule has 212 valence electrons. The van der Waals surface area contributed by atoms with E-state index in [0.717, 1.165) is 24.3 Å². The molecule has 12 heteroatoms. The van der Waals surface area contributed by atoms with Gasteiger partial charge in [-0.25, -0.2) is 0 Å². The highest BCUT2D eigenvalue weighted by atomic mass is 16.5. The summed E-state index contributed by atoms with van der Waals surface area (Å²) in [5, 5.41) is 93.7. The van der Waals surface area contributed by atoms with E-state index in [1.165, 1.54) is 18.2 Å². The number of aliphatic hydroxyl groups is 2. The molecule has 2 aliphatic rings. The first kappa shape index (κ1) is 26.2. The standard InChI is InChI=1S/C29H24O12/c30-11-3-17(32)15-8-21(36)28(40-23(15)5-11)10-1-13-14(7-20(35)27(39)25(13)26(38)19(34)2-10)29-22(37)9-16-18(33)4-12(31)6-24(16)41-29/h1-7,21-22,28-33,35-37,39H,8-9H2,(H,34,38)/t21-,22+,28?,29+/m0/s1.